The van der Waals surface area contributed by atoms with Crippen molar-refractivity contribution in [3.63, 3.8) is 0 Å². The molecule has 0 heterocycles. The van der Waals surface area contributed by atoms with Crippen LogP contribution < -0.4 is 0 Å². The third-order valence-electron chi connectivity index (χ3n) is 8.24. The highest BCUT2D eigenvalue weighted by Crippen LogP contribution is 2.21. The lowest BCUT2D eigenvalue weighted by atomic mass is 9.93. The molecule has 0 heteroatoms. The van der Waals surface area contributed by atoms with E-state index in [9.17, 15) is 0 Å². The third-order valence-corrected chi connectivity index (χ3v) is 8.24. The maximum atomic E-state index is 4.15. The van der Waals surface area contributed by atoms with Crippen molar-refractivity contribution in [2.45, 2.75) is 271 Å². The fourth-order valence-electron chi connectivity index (χ4n) is 5.18. The van der Waals surface area contributed by atoms with Crippen molar-refractivity contribution in [3.8, 4) is 0 Å². The van der Waals surface area contributed by atoms with Crippen LogP contribution in [0.1, 0.15) is 271 Å². The van der Waals surface area contributed by atoms with Crippen molar-refractivity contribution in [2.24, 2.45) is 11.8 Å². The first-order chi connectivity index (χ1) is 22.3. The Balaban J connectivity index is -0.000000107. The molecule has 0 bridgehead atoms. The second kappa shape index (κ2) is 64.1. The SMILES string of the molecule is C.C=C(C)CCCCCCCCCCCCCCC.C=C(CC)C(C)CCCCCCC(C)CCCCC.CC.CC.CC.CCC. The second-order valence-corrected chi connectivity index (χ2v) is 13.2. The summed E-state index contributed by atoms with van der Waals surface area (Å²) in [5, 5.41) is 0. The van der Waals surface area contributed by atoms with Crippen LogP contribution in [0.25, 0.3) is 0 Å². The average molecular weight is 669 g/mol. The monoisotopic (exact) mass is 669 g/mol. The van der Waals surface area contributed by atoms with Gasteiger partial charge in [0.15, 0.2) is 0 Å². The van der Waals surface area contributed by atoms with E-state index in [-0.39, 0.29) is 7.43 Å². The summed E-state index contributed by atoms with van der Waals surface area (Å²) in [6.45, 7) is 38.1. The molecular weight excluding hydrogens is 565 g/mol. The van der Waals surface area contributed by atoms with Gasteiger partial charge in [-0.2, -0.15) is 0 Å². The lowest BCUT2D eigenvalue weighted by Gasteiger charge is -2.13. The van der Waals surface area contributed by atoms with Gasteiger partial charge in [-0.3, -0.25) is 0 Å². The van der Waals surface area contributed by atoms with Gasteiger partial charge in [0, 0.05) is 0 Å². The van der Waals surface area contributed by atoms with Crippen LogP contribution in [-0.2, 0) is 0 Å². The highest BCUT2D eigenvalue weighted by molar-refractivity contribution is 4.97. The molecular formula is C47H104. The molecule has 0 aliphatic heterocycles. The molecule has 0 radical (unpaired) electrons. The molecule has 0 aromatic rings. The number of unbranched alkanes of at least 4 members (excludes halogenated alkanes) is 17. The highest BCUT2D eigenvalue weighted by atomic mass is 14.1. The molecule has 0 aromatic carbocycles. The molecule has 0 spiro atoms. The number of allylic oxidation sites excluding steroid dienone is 2. The van der Waals surface area contributed by atoms with E-state index in [0.29, 0.717) is 0 Å². The lowest BCUT2D eigenvalue weighted by Crippen LogP contribution is -1.98. The van der Waals surface area contributed by atoms with Crippen molar-refractivity contribution >= 4 is 0 Å². The van der Waals surface area contributed by atoms with E-state index in [1.54, 1.807) is 0 Å². The Morgan fingerprint density at radius 2 is 0.723 bits per heavy atom. The first kappa shape index (κ1) is 61.7. The highest BCUT2D eigenvalue weighted by Gasteiger charge is 2.05. The summed E-state index contributed by atoms with van der Waals surface area (Å²) in [6, 6.07) is 0. The van der Waals surface area contributed by atoms with Crippen LogP contribution in [0.4, 0.5) is 0 Å². The fraction of sp³-hybridized carbons (Fsp3) is 0.915. The minimum Gasteiger partial charge on any atom is -0.100 e. The van der Waals surface area contributed by atoms with Crippen LogP contribution in [0.15, 0.2) is 24.3 Å². The Hall–Kier alpha value is -0.520. The largest absolute Gasteiger partial charge is 0.100 e. The quantitative estimate of drug-likeness (QED) is 0.0603. The summed E-state index contributed by atoms with van der Waals surface area (Å²) in [5.74, 6) is 1.68. The molecule has 0 fully saturated rings. The Bertz CT molecular complexity index is 472. The Labute approximate surface area is 306 Å². The molecule has 0 N–H and O–H groups in total. The van der Waals surface area contributed by atoms with E-state index >= 15 is 0 Å². The number of hydrogen-bond donors (Lipinski definition) is 0. The molecule has 0 rings (SSSR count). The van der Waals surface area contributed by atoms with Gasteiger partial charge in [0.2, 0.25) is 0 Å². The van der Waals surface area contributed by atoms with Gasteiger partial charge in [0.25, 0.3) is 0 Å². The molecule has 0 amide bonds. The molecule has 0 aliphatic rings. The smallest absolute Gasteiger partial charge is 0.0234 e. The first-order valence-electron chi connectivity index (χ1n) is 21.6. The maximum Gasteiger partial charge on any atom is -0.0234 e. The van der Waals surface area contributed by atoms with Gasteiger partial charge < -0.3 is 0 Å². The molecule has 0 saturated heterocycles. The first-order valence-corrected chi connectivity index (χ1v) is 21.6. The van der Waals surface area contributed by atoms with E-state index in [4.69, 9.17) is 0 Å². The van der Waals surface area contributed by atoms with E-state index in [2.05, 4.69) is 68.5 Å². The van der Waals surface area contributed by atoms with Gasteiger partial charge in [-0.1, -0.05) is 256 Å². The van der Waals surface area contributed by atoms with Gasteiger partial charge >= 0.3 is 0 Å². The Morgan fingerprint density at radius 1 is 0.447 bits per heavy atom. The summed E-state index contributed by atoms with van der Waals surface area (Å²) in [4.78, 5) is 0. The fourth-order valence-corrected chi connectivity index (χ4v) is 5.18. The number of rotatable bonds is 27. The lowest BCUT2D eigenvalue weighted by molar-refractivity contribution is 0.433. The van der Waals surface area contributed by atoms with Gasteiger partial charge in [0.05, 0.1) is 0 Å². The Kier molecular flexibility index (Phi) is 84.1. The van der Waals surface area contributed by atoms with Crippen molar-refractivity contribution in [1.82, 2.24) is 0 Å². The summed E-state index contributed by atoms with van der Waals surface area (Å²) >= 11 is 0. The summed E-state index contributed by atoms with van der Waals surface area (Å²) in [7, 11) is 0. The molecule has 0 aliphatic carbocycles. The minimum atomic E-state index is 0. The molecule has 47 heavy (non-hydrogen) atoms. The van der Waals surface area contributed by atoms with Crippen LogP contribution in [-0.4, -0.2) is 0 Å². The predicted molar refractivity (Wildman–Crippen MR) is 231 cm³/mol. The van der Waals surface area contributed by atoms with E-state index in [1.165, 1.54) is 172 Å². The maximum absolute atomic E-state index is 4.15. The van der Waals surface area contributed by atoms with E-state index in [1.807, 2.05) is 41.5 Å². The van der Waals surface area contributed by atoms with Gasteiger partial charge in [-0.15, -0.1) is 6.58 Å². The van der Waals surface area contributed by atoms with Crippen LogP contribution in [0.5, 0.6) is 0 Å². The molecule has 0 nitrogen and oxygen atoms in total. The molecule has 0 saturated carbocycles. The summed E-state index contributed by atoms with van der Waals surface area (Å²) in [5.41, 5.74) is 2.78. The van der Waals surface area contributed by atoms with Crippen LogP contribution in [0.2, 0.25) is 0 Å². The molecule has 2 unspecified atom stereocenters. The zero-order valence-electron chi connectivity index (χ0n) is 36.0. The minimum absolute atomic E-state index is 0. The van der Waals surface area contributed by atoms with Crippen LogP contribution in [0.3, 0.4) is 0 Å². The normalized spacial score (nSPS) is 10.7. The van der Waals surface area contributed by atoms with Crippen molar-refractivity contribution in [3.05, 3.63) is 24.3 Å². The van der Waals surface area contributed by atoms with Crippen molar-refractivity contribution in [1.29, 1.82) is 0 Å². The molecule has 0 aromatic heterocycles. The predicted octanol–water partition coefficient (Wildman–Crippen LogP) is 19.3. The molecule has 2 atom stereocenters. The van der Waals surface area contributed by atoms with Gasteiger partial charge in [-0.05, 0) is 44.4 Å². The van der Waals surface area contributed by atoms with Gasteiger partial charge in [-0.25, -0.2) is 0 Å². The topological polar surface area (TPSA) is 0 Å². The summed E-state index contributed by atoms with van der Waals surface area (Å²) in [6.07, 6.45) is 36.5. The zero-order chi connectivity index (χ0) is 36.7. The standard InChI is InChI=1S/C19H38.C18H36.C3H8.3C2H6.CH4/c1-6-8-11-14-17(3)15-12-9-10-13-16-19(5)18(4)7-2;1-4-5-6-7-8-9-10-11-12-13-14-15-16-17-18(2)3;1-3-2;3*1-2;/h17,19H,4,6-16H2,1-3,5H3;2,4-17H2,1,3H3;3H2,1-2H3;3*1-2H3;1H4. The Morgan fingerprint density at radius 3 is 1.06 bits per heavy atom. The van der Waals surface area contributed by atoms with E-state index in [0.717, 1.165) is 18.3 Å². The van der Waals surface area contributed by atoms with E-state index < -0.39 is 0 Å². The molecule has 292 valence electrons. The number of hydrogen-bond acceptors (Lipinski definition) is 0. The van der Waals surface area contributed by atoms with Crippen LogP contribution in [0, 0.1) is 11.8 Å². The van der Waals surface area contributed by atoms with Crippen molar-refractivity contribution in [2.75, 3.05) is 0 Å². The van der Waals surface area contributed by atoms with Gasteiger partial charge in [0.1, 0.15) is 0 Å². The zero-order valence-corrected chi connectivity index (χ0v) is 36.0. The average Bonchev–Trinajstić information content (AvgIpc) is 3.07. The van der Waals surface area contributed by atoms with Crippen molar-refractivity contribution < 1.29 is 0 Å². The third kappa shape index (κ3) is 72.3. The van der Waals surface area contributed by atoms with Crippen LogP contribution >= 0.6 is 0 Å². The second-order valence-electron chi connectivity index (χ2n) is 13.2. The summed E-state index contributed by atoms with van der Waals surface area (Å²) < 4.78 is 0.